The van der Waals surface area contributed by atoms with E-state index in [1.54, 1.807) is 19.9 Å². The summed E-state index contributed by atoms with van der Waals surface area (Å²) >= 11 is 0. The topological polar surface area (TPSA) is 309 Å². The minimum absolute atomic E-state index is 0.000837. The van der Waals surface area contributed by atoms with Crippen molar-refractivity contribution < 1.29 is 93.9 Å². The van der Waals surface area contributed by atoms with Crippen molar-refractivity contribution in [1.82, 2.24) is 0 Å². The van der Waals surface area contributed by atoms with Crippen molar-refractivity contribution >= 4 is 17.9 Å². The first-order valence-corrected chi connectivity index (χ1v) is 24.2. The molecule has 386 valence electrons. The number of aliphatic carboxylic acids is 1. The number of aliphatic hydroxyl groups excluding tert-OH is 9. The first kappa shape index (κ1) is 53.2. The van der Waals surface area contributed by atoms with Crippen LogP contribution in [0.4, 0.5) is 0 Å². The van der Waals surface area contributed by atoms with Crippen LogP contribution < -0.4 is 0 Å². The number of hydrogen-bond acceptors (Lipinski definition) is 18. The van der Waals surface area contributed by atoms with Crippen LogP contribution >= 0.6 is 0 Å². The van der Waals surface area contributed by atoms with E-state index < -0.39 is 149 Å². The zero-order valence-corrected chi connectivity index (χ0v) is 40.7. The van der Waals surface area contributed by atoms with E-state index in [0.29, 0.717) is 44.1 Å². The Morgan fingerprint density at radius 1 is 0.809 bits per heavy atom. The van der Waals surface area contributed by atoms with Crippen LogP contribution in [-0.2, 0) is 42.8 Å². The molecule has 10 N–H and O–H groups in total. The number of carbonyl (C=O) groups is 3. The van der Waals surface area contributed by atoms with Crippen molar-refractivity contribution in [2.45, 2.75) is 193 Å². The van der Waals surface area contributed by atoms with Gasteiger partial charge in [0, 0.05) is 23.3 Å². The monoisotopic (exact) mass is 968 g/mol. The number of fused-ring (bicyclic) bond motifs is 7. The number of ether oxygens (including phenoxy) is 6. The Balaban J connectivity index is 1.18. The number of carbonyl (C=O) groups excluding carboxylic acids is 2. The van der Waals surface area contributed by atoms with Gasteiger partial charge in [-0.25, -0.2) is 9.59 Å². The van der Waals surface area contributed by atoms with Crippen LogP contribution in [0.15, 0.2) is 23.3 Å². The van der Waals surface area contributed by atoms with E-state index >= 15 is 0 Å². The van der Waals surface area contributed by atoms with E-state index in [9.17, 15) is 65.4 Å². The van der Waals surface area contributed by atoms with Gasteiger partial charge in [-0.15, -0.1) is 0 Å². The molecule has 2 saturated heterocycles. The Hall–Kier alpha value is -2.63. The van der Waals surface area contributed by atoms with E-state index in [-0.39, 0.29) is 31.5 Å². The van der Waals surface area contributed by atoms with Crippen LogP contribution in [0.3, 0.4) is 0 Å². The summed E-state index contributed by atoms with van der Waals surface area (Å²) in [5.74, 6) is -3.42. The van der Waals surface area contributed by atoms with E-state index in [1.807, 2.05) is 20.8 Å². The third-order valence-electron chi connectivity index (χ3n) is 18.9. The molecule has 0 bridgehead atoms. The Labute approximate surface area is 397 Å². The normalized spacial score (nSPS) is 50.1. The molecular weight excluding hydrogens is 893 g/mol. The molecule has 4 saturated carbocycles. The number of carboxylic acids is 1. The predicted octanol–water partition coefficient (Wildman–Crippen LogP) is 0.855. The zero-order valence-electron chi connectivity index (χ0n) is 40.7. The van der Waals surface area contributed by atoms with Crippen molar-refractivity contribution in [3.8, 4) is 0 Å². The lowest BCUT2D eigenvalue weighted by Crippen LogP contribution is -2.72. The molecule has 7 aliphatic rings. The summed E-state index contributed by atoms with van der Waals surface area (Å²) in [6.45, 7) is 15.7. The number of aliphatic hydroxyl groups is 9. The summed E-state index contributed by atoms with van der Waals surface area (Å²) in [6, 6.07) is 0. The standard InChI is InChI=1S/C49H76O19/c1-10-22(2)41(62)68-39-38(59)49(21-63-23(3)52)25(17-44(39,4)5)24-11-12-28-45(6)15-14-30(46(7,20-51)27(45)13-16-47(28,8)48(24,9)18-29(49)53)65-43-35(58)36(34(57)37(67-43)40(60)61)66-42-33(56)32(55)31(54)26(19-50)64-42/h10-11,25-39,42-43,50-51,53-59H,12-21H2,1-9H3,(H,60,61)/b22-10+/t25-,26+,27+,28+,29-,30-,31+,32-,33+,34-,35+,36-,37-,38-,39-,42-,43+,45-,46-,47+,48+,49-/m0/s1. The molecule has 5 aliphatic carbocycles. The molecule has 0 unspecified atom stereocenters. The molecule has 0 radical (unpaired) electrons. The molecule has 19 nitrogen and oxygen atoms in total. The highest BCUT2D eigenvalue weighted by Gasteiger charge is 2.73. The van der Waals surface area contributed by atoms with Crippen molar-refractivity contribution in [3.63, 3.8) is 0 Å². The van der Waals surface area contributed by atoms with E-state index in [0.717, 1.165) is 5.57 Å². The van der Waals surface area contributed by atoms with E-state index in [1.165, 1.54) is 6.92 Å². The van der Waals surface area contributed by atoms with Gasteiger partial charge in [-0.2, -0.15) is 0 Å². The Bertz CT molecular complexity index is 1970. The van der Waals surface area contributed by atoms with Crippen molar-refractivity contribution in [2.24, 2.45) is 50.2 Å². The minimum Gasteiger partial charge on any atom is -0.479 e. The van der Waals surface area contributed by atoms with Crippen LogP contribution in [0.2, 0.25) is 0 Å². The summed E-state index contributed by atoms with van der Waals surface area (Å²) in [7, 11) is 0. The molecule has 22 atom stereocenters. The van der Waals surface area contributed by atoms with Crippen LogP contribution in [-0.4, -0.2) is 175 Å². The molecule has 0 aromatic carbocycles. The smallest absolute Gasteiger partial charge is 0.335 e. The minimum atomic E-state index is -2.03. The molecule has 6 fully saturated rings. The zero-order chi connectivity index (χ0) is 50.4. The highest BCUT2D eigenvalue weighted by molar-refractivity contribution is 5.87. The summed E-state index contributed by atoms with van der Waals surface area (Å²) < 4.78 is 35.2. The molecule has 0 aromatic heterocycles. The van der Waals surface area contributed by atoms with Gasteiger partial charge in [0.1, 0.15) is 61.5 Å². The maximum atomic E-state index is 13.2. The molecule has 0 spiro atoms. The van der Waals surface area contributed by atoms with Crippen molar-refractivity contribution in [1.29, 1.82) is 0 Å². The van der Waals surface area contributed by atoms with Gasteiger partial charge < -0.3 is 79.5 Å². The molecular formula is C49H76O19. The van der Waals surface area contributed by atoms with Crippen molar-refractivity contribution in [3.05, 3.63) is 23.3 Å². The molecule has 7 rings (SSSR count). The molecule has 0 amide bonds. The van der Waals surface area contributed by atoms with Crippen molar-refractivity contribution in [2.75, 3.05) is 19.8 Å². The lowest BCUT2D eigenvalue weighted by molar-refractivity contribution is -0.366. The third-order valence-corrected chi connectivity index (χ3v) is 18.9. The first-order valence-electron chi connectivity index (χ1n) is 24.2. The second-order valence-electron chi connectivity index (χ2n) is 22.8. The Morgan fingerprint density at radius 3 is 2.07 bits per heavy atom. The predicted molar refractivity (Wildman–Crippen MR) is 236 cm³/mol. The van der Waals surface area contributed by atoms with Gasteiger partial charge >= 0.3 is 17.9 Å². The number of rotatable bonds is 11. The second kappa shape index (κ2) is 18.8. The Kier molecular flexibility index (Phi) is 14.7. The second-order valence-corrected chi connectivity index (χ2v) is 22.8. The highest BCUT2D eigenvalue weighted by atomic mass is 16.7. The summed E-state index contributed by atoms with van der Waals surface area (Å²) in [6.07, 6.45) is -15.3. The lowest BCUT2D eigenvalue weighted by Gasteiger charge is -2.72. The average molecular weight is 969 g/mol. The third kappa shape index (κ3) is 8.11. The fourth-order valence-electron chi connectivity index (χ4n) is 14.7. The van der Waals surface area contributed by atoms with Crippen LogP contribution in [0.1, 0.15) is 107 Å². The number of allylic oxidation sites excluding steroid dienone is 3. The molecule has 0 aromatic rings. The maximum Gasteiger partial charge on any atom is 0.335 e. The largest absolute Gasteiger partial charge is 0.479 e. The molecule has 19 heteroatoms. The Morgan fingerprint density at radius 2 is 1.47 bits per heavy atom. The van der Waals surface area contributed by atoms with Gasteiger partial charge in [-0.1, -0.05) is 59.3 Å². The van der Waals surface area contributed by atoms with Gasteiger partial charge in [0.15, 0.2) is 18.7 Å². The highest BCUT2D eigenvalue weighted by Crippen LogP contribution is 2.76. The fraction of sp³-hybridized carbons (Fsp3) is 0.857. The van der Waals surface area contributed by atoms with E-state index in [4.69, 9.17) is 28.4 Å². The number of esters is 2. The molecule has 68 heavy (non-hydrogen) atoms. The van der Waals surface area contributed by atoms with Crippen LogP contribution in [0, 0.1) is 50.2 Å². The summed E-state index contributed by atoms with van der Waals surface area (Å²) in [5, 5.41) is 111. The summed E-state index contributed by atoms with van der Waals surface area (Å²) in [4.78, 5) is 38.1. The summed E-state index contributed by atoms with van der Waals surface area (Å²) in [5.41, 5.74) is -3.22. The van der Waals surface area contributed by atoms with Crippen LogP contribution in [0.25, 0.3) is 0 Å². The quantitative estimate of drug-likeness (QED) is 0.0594. The van der Waals surface area contributed by atoms with Gasteiger partial charge in [0.25, 0.3) is 0 Å². The fourth-order valence-corrected chi connectivity index (χ4v) is 14.7. The van der Waals surface area contributed by atoms with Gasteiger partial charge in [-0.05, 0) is 92.8 Å². The number of carboxylic acid groups (broad SMARTS) is 1. The molecule has 2 aliphatic heterocycles. The first-order chi connectivity index (χ1) is 31.6. The number of hydrogen-bond donors (Lipinski definition) is 10. The lowest BCUT2D eigenvalue weighted by atomic mass is 9.33. The van der Waals surface area contributed by atoms with E-state index in [2.05, 4.69) is 26.8 Å². The van der Waals surface area contributed by atoms with Gasteiger partial charge in [0.05, 0.1) is 30.8 Å². The van der Waals surface area contributed by atoms with Crippen LogP contribution in [0.5, 0.6) is 0 Å². The molecule has 2 heterocycles. The maximum absolute atomic E-state index is 13.2. The van der Waals surface area contributed by atoms with Gasteiger partial charge in [-0.3, -0.25) is 4.79 Å². The van der Waals surface area contributed by atoms with Gasteiger partial charge in [0.2, 0.25) is 0 Å². The SMILES string of the molecule is C/C=C(\C)C(=O)O[C@H]1[C@H](O)[C@]2(COC(C)=O)[C@@H](O)C[C@]3(C)C(=CC[C@@H]4[C@@]5(C)CC[C@H](O[C@@H]6O[C@H](C(=O)O)[C@@H](O)[C@H](O[C@@H]7O[C@H](CO)[C@@H](O)[C@H](O)[C@H]7O)[C@H]6O)[C@@](C)(CO)[C@@H]5CC[C@]43C)[C@@H]2CC1(C)C. The average Bonchev–Trinajstić information content (AvgIpc) is 3.27.